The van der Waals surface area contributed by atoms with Gasteiger partial charge in [-0.3, -0.25) is 4.68 Å². The number of aromatic nitrogens is 5. The second-order valence-electron chi connectivity index (χ2n) is 8.87. The van der Waals surface area contributed by atoms with Crippen LogP contribution in [0.3, 0.4) is 0 Å². The fourth-order valence-corrected chi connectivity index (χ4v) is 5.06. The normalized spacial score (nSPS) is 14.9. The average molecular weight is 438 g/mol. The molecule has 1 aliphatic rings. The predicted octanol–water partition coefficient (Wildman–Crippen LogP) is 4.15. The Balaban J connectivity index is 1.46. The van der Waals surface area contributed by atoms with Crippen LogP contribution in [0.5, 0.6) is 0 Å². The van der Waals surface area contributed by atoms with Crippen LogP contribution in [0.1, 0.15) is 35.7 Å². The number of hydrogen-bond acceptors (Lipinski definition) is 5. The summed E-state index contributed by atoms with van der Waals surface area (Å²) in [4.78, 5) is 4.29. The Hall–Kier alpha value is -3.71. The molecule has 0 saturated carbocycles. The quantitative estimate of drug-likeness (QED) is 0.441. The fraction of sp³-hybridized carbons (Fsp3) is 0.269. The number of nitrogens with two attached hydrogens (primary N) is 1. The van der Waals surface area contributed by atoms with E-state index in [1.165, 1.54) is 22.3 Å². The lowest BCUT2D eigenvalue weighted by atomic mass is 9.94. The molecule has 5 aromatic rings. The smallest absolute Gasteiger partial charge is 0.151 e. The van der Waals surface area contributed by atoms with Crippen molar-refractivity contribution in [1.29, 1.82) is 0 Å². The third-order valence-corrected chi connectivity index (χ3v) is 6.86. The van der Waals surface area contributed by atoms with Gasteiger partial charge >= 0.3 is 0 Å². The number of fused-ring (bicyclic) bond motifs is 2. The van der Waals surface area contributed by atoms with Crippen molar-refractivity contribution in [3.63, 3.8) is 0 Å². The summed E-state index contributed by atoms with van der Waals surface area (Å²) < 4.78 is 4.08. The Bertz CT molecular complexity index is 1440. The summed E-state index contributed by atoms with van der Waals surface area (Å²) in [5, 5.41) is 14.1. The maximum absolute atomic E-state index is 6.36. The van der Waals surface area contributed by atoms with Gasteiger partial charge in [-0.15, -0.1) is 0 Å². The molecule has 1 saturated heterocycles. The van der Waals surface area contributed by atoms with Gasteiger partial charge in [0.2, 0.25) is 0 Å². The Kier molecular flexibility index (Phi) is 4.84. The third kappa shape index (κ3) is 3.45. The van der Waals surface area contributed by atoms with Gasteiger partial charge in [0, 0.05) is 28.3 Å². The Morgan fingerprint density at radius 2 is 1.88 bits per heavy atom. The zero-order valence-electron chi connectivity index (χ0n) is 18.7. The second kappa shape index (κ2) is 8.01. The van der Waals surface area contributed by atoms with E-state index in [4.69, 9.17) is 10.8 Å². The highest BCUT2D eigenvalue weighted by atomic mass is 15.3. The first-order valence-corrected chi connectivity index (χ1v) is 11.5. The van der Waals surface area contributed by atoms with E-state index in [1.807, 2.05) is 10.6 Å². The molecule has 0 radical (unpaired) electrons. The van der Waals surface area contributed by atoms with Crippen molar-refractivity contribution in [2.24, 2.45) is 0 Å². The van der Waals surface area contributed by atoms with Gasteiger partial charge in [-0.25, -0.2) is 9.50 Å². The summed E-state index contributed by atoms with van der Waals surface area (Å²) in [6, 6.07) is 19.2. The van der Waals surface area contributed by atoms with Gasteiger partial charge in [0.25, 0.3) is 0 Å². The average Bonchev–Trinajstić information content (AvgIpc) is 3.39. The van der Waals surface area contributed by atoms with Gasteiger partial charge in [-0.2, -0.15) is 10.2 Å². The Morgan fingerprint density at radius 1 is 1.06 bits per heavy atom. The largest absolute Gasteiger partial charge is 0.382 e. The van der Waals surface area contributed by atoms with Crippen molar-refractivity contribution in [2.75, 3.05) is 18.8 Å². The molecule has 4 heterocycles. The van der Waals surface area contributed by atoms with E-state index in [1.54, 1.807) is 6.33 Å². The molecule has 3 N–H and O–H groups in total. The molecule has 0 spiro atoms. The Labute approximate surface area is 192 Å². The first-order chi connectivity index (χ1) is 16.2. The maximum Gasteiger partial charge on any atom is 0.151 e. The standard InChI is InChI=1S/C26H27N7/c1-17-21-8-7-20(13-23(21)31-32(17)15-18-5-3-2-4-6-18)22-14-24(19-9-11-28-12-10-19)33-25(22)26(27)29-16-30-33/h2-8,13-14,16,19,28H,9-12,15H2,1H3,(H2,27,29,30). The number of nitrogens with zero attached hydrogens (tertiary/aromatic N) is 5. The van der Waals surface area contributed by atoms with Crippen molar-refractivity contribution in [3.05, 3.63) is 77.9 Å². The van der Waals surface area contributed by atoms with Crippen molar-refractivity contribution < 1.29 is 0 Å². The molecule has 33 heavy (non-hydrogen) atoms. The maximum atomic E-state index is 6.36. The summed E-state index contributed by atoms with van der Waals surface area (Å²) in [7, 11) is 0. The summed E-state index contributed by atoms with van der Waals surface area (Å²) in [5.41, 5.74) is 14.0. The molecule has 0 unspecified atom stereocenters. The number of nitrogen functional groups attached to an aromatic ring is 1. The number of anilines is 1. The van der Waals surface area contributed by atoms with Crippen LogP contribution < -0.4 is 11.1 Å². The lowest BCUT2D eigenvalue weighted by Crippen LogP contribution is -2.27. The minimum atomic E-state index is 0.456. The molecule has 6 rings (SSSR count). The number of rotatable bonds is 4. The monoisotopic (exact) mass is 437 g/mol. The molecule has 166 valence electrons. The highest BCUT2D eigenvalue weighted by Crippen LogP contribution is 2.36. The zero-order chi connectivity index (χ0) is 22.4. The fourth-order valence-electron chi connectivity index (χ4n) is 5.06. The zero-order valence-corrected chi connectivity index (χ0v) is 18.7. The predicted molar refractivity (Wildman–Crippen MR) is 131 cm³/mol. The lowest BCUT2D eigenvalue weighted by molar-refractivity contribution is 0.448. The van der Waals surface area contributed by atoms with Gasteiger partial charge in [0.05, 0.1) is 12.1 Å². The SMILES string of the molecule is Cc1c2ccc(-c3cc(C4CCNCC4)n4ncnc(N)c34)cc2nn1Cc1ccccc1. The van der Waals surface area contributed by atoms with Crippen LogP contribution in [0, 0.1) is 6.92 Å². The van der Waals surface area contributed by atoms with Gasteiger partial charge in [-0.05, 0) is 56.1 Å². The summed E-state index contributed by atoms with van der Waals surface area (Å²) in [5.74, 6) is 0.962. The molecule has 7 heteroatoms. The summed E-state index contributed by atoms with van der Waals surface area (Å²) in [6.45, 7) is 4.94. The van der Waals surface area contributed by atoms with E-state index in [2.05, 4.69) is 75.5 Å². The highest BCUT2D eigenvalue weighted by molar-refractivity contribution is 5.93. The van der Waals surface area contributed by atoms with Gasteiger partial charge in [0.15, 0.2) is 5.82 Å². The molecule has 0 atom stereocenters. The molecule has 0 bridgehead atoms. The van der Waals surface area contributed by atoms with E-state index in [0.29, 0.717) is 11.7 Å². The van der Waals surface area contributed by atoms with E-state index in [-0.39, 0.29) is 0 Å². The van der Waals surface area contributed by atoms with Crippen LogP contribution in [0.25, 0.3) is 27.5 Å². The van der Waals surface area contributed by atoms with Crippen LogP contribution in [-0.2, 0) is 6.54 Å². The van der Waals surface area contributed by atoms with Crippen LogP contribution >= 0.6 is 0 Å². The number of nitrogens with one attached hydrogen (secondary N) is 1. The van der Waals surface area contributed by atoms with E-state index in [9.17, 15) is 0 Å². The molecule has 2 aromatic carbocycles. The molecule has 0 aliphatic carbocycles. The van der Waals surface area contributed by atoms with Crippen LogP contribution in [0.15, 0.2) is 60.9 Å². The van der Waals surface area contributed by atoms with Crippen molar-refractivity contribution in [3.8, 4) is 11.1 Å². The van der Waals surface area contributed by atoms with Gasteiger partial charge in [0.1, 0.15) is 11.8 Å². The minimum absolute atomic E-state index is 0.456. The molecule has 7 nitrogen and oxygen atoms in total. The van der Waals surface area contributed by atoms with E-state index in [0.717, 1.165) is 54.6 Å². The second-order valence-corrected chi connectivity index (χ2v) is 8.87. The third-order valence-electron chi connectivity index (χ3n) is 6.86. The number of benzene rings is 2. The van der Waals surface area contributed by atoms with Gasteiger partial charge < -0.3 is 11.1 Å². The number of hydrogen-bond donors (Lipinski definition) is 2. The Morgan fingerprint density at radius 3 is 2.70 bits per heavy atom. The van der Waals surface area contributed by atoms with Crippen LogP contribution in [-0.4, -0.2) is 37.5 Å². The molecular formula is C26H27N7. The van der Waals surface area contributed by atoms with Crippen LogP contribution in [0.2, 0.25) is 0 Å². The molecule has 1 aliphatic heterocycles. The van der Waals surface area contributed by atoms with E-state index < -0.39 is 0 Å². The molecule has 1 fully saturated rings. The minimum Gasteiger partial charge on any atom is -0.382 e. The molecular weight excluding hydrogens is 410 g/mol. The van der Waals surface area contributed by atoms with Gasteiger partial charge in [-0.1, -0.05) is 42.5 Å². The van der Waals surface area contributed by atoms with Crippen molar-refractivity contribution >= 4 is 22.2 Å². The van der Waals surface area contributed by atoms with Crippen molar-refractivity contribution in [2.45, 2.75) is 32.2 Å². The summed E-state index contributed by atoms with van der Waals surface area (Å²) in [6.07, 6.45) is 3.74. The highest BCUT2D eigenvalue weighted by Gasteiger charge is 2.23. The van der Waals surface area contributed by atoms with Crippen LogP contribution in [0.4, 0.5) is 5.82 Å². The first kappa shape index (κ1) is 19.9. The first-order valence-electron chi connectivity index (χ1n) is 11.5. The van der Waals surface area contributed by atoms with E-state index >= 15 is 0 Å². The number of aryl methyl sites for hydroxylation is 1. The summed E-state index contributed by atoms with van der Waals surface area (Å²) >= 11 is 0. The molecule has 3 aromatic heterocycles. The lowest BCUT2D eigenvalue weighted by Gasteiger charge is -2.22. The molecule has 0 amide bonds. The topological polar surface area (TPSA) is 86.1 Å². The van der Waals surface area contributed by atoms with Crippen molar-refractivity contribution in [1.82, 2.24) is 29.7 Å². The number of piperidine rings is 1.